The lowest BCUT2D eigenvalue weighted by molar-refractivity contribution is -0.142. The number of carbonyl (C=O) groups excluding carboxylic acids is 3. The Morgan fingerprint density at radius 2 is 1.57 bits per heavy atom. The summed E-state index contributed by atoms with van der Waals surface area (Å²) in [6.45, 7) is -0.228. The summed E-state index contributed by atoms with van der Waals surface area (Å²) in [5.74, 6) is -3.32. The second-order valence-electron chi connectivity index (χ2n) is 8.57. The first-order valence-electron chi connectivity index (χ1n) is 12.0. The molecule has 0 bridgehead atoms. The highest BCUT2D eigenvalue weighted by molar-refractivity contribution is 5.94. The Balaban J connectivity index is 2.19. The first-order valence-corrected chi connectivity index (χ1v) is 12.0. The molecule has 0 aliphatic rings. The maximum absolute atomic E-state index is 13.3. The molecule has 13 heteroatoms. The van der Waals surface area contributed by atoms with E-state index in [0.717, 1.165) is 5.56 Å². The predicted molar refractivity (Wildman–Crippen MR) is 134 cm³/mol. The highest BCUT2D eigenvalue weighted by atomic mass is 16.4. The summed E-state index contributed by atoms with van der Waals surface area (Å²) in [6.07, 6.45) is 4.21. The lowest BCUT2D eigenvalue weighted by Crippen LogP contribution is -2.58. The lowest BCUT2D eigenvalue weighted by Gasteiger charge is -2.25. The van der Waals surface area contributed by atoms with Crippen LogP contribution < -0.4 is 27.4 Å². The number of rotatable bonds is 16. The first-order chi connectivity index (χ1) is 17.7. The molecule has 1 aromatic carbocycles. The van der Waals surface area contributed by atoms with Gasteiger partial charge in [-0.1, -0.05) is 30.3 Å². The van der Waals surface area contributed by atoms with Crippen LogP contribution in [0, 0.1) is 0 Å². The third-order valence-corrected chi connectivity index (χ3v) is 5.62. The second-order valence-corrected chi connectivity index (χ2v) is 8.57. The summed E-state index contributed by atoms with van der Waals surface area (Å²) in [7, 11) is 0. The number of hydrogen-bond donors (Lipinski definition) is 8. The summed E-state index contributed by atoms with van der Waals surface area (Å²) in [4.78, 5) is 57.1. The van der Waals surface area contributed by atoms with Gasteiger partial charge in [-0.05, 0) is 31.4 Å². The van der Waals surface area contributed by atoms with E-state index < -0.39 is 54.5 Å². The Morgan fingerprint density at radius 3 is 2.16 bits per heavy atom. The van der Waals surface area contributed by atoms with Crippen LogP contribution in [0.3, 0.4) is 0 Å². The molecule has 0 saturated heterocycles. The number of H-pyrrole nitrogens is 1. The molecule has 1 heterocycles. The molecular formula is C24H35N7O6. The molecule has 37 heavy (non-hydrogen) atoms. The third kappa shape index (κ3) is 9.99. The smallest absolute Gasteiger partial charge is 0.326 e. The standard InChI is InChI=1S/C24H35N7O6/c25-9-5-4-8-18(22(34)31-20(24(36)37)11-16-12-27-14-28-16)29-23(35)19(30-21(33)17(26)13-32)10-15-6-2-1-3-7-15/h1-3,6-7,12,14,17-20,32H,4-5,8-11,13,25-26H2,(H,27,28)(H,29,35)(H,30,33)(H,31,34)(H,36,37). The van der Waals surface area contributed by atoms with E-state index in [9.17, 15) is 29.4 Å². The fourth-order valence-corrected chi connectivity index (χ4v) is 3.54. The average Bonchev–Trinajstić information content (AvgIpc) is 3.40. The van der Waals surface area contributed by atoms with Crippen LogP contribution >= 0.6 is 0 Å². The topological polar surface area (TPSA) is 226 Å². The summed E-state index contributed by atoms with van der Waals surface area (Å²) < 4.78 is 0. The van der Waals surface area contributed by atoms with Gasteiger partial charge in [0.25, 0.3) is 0 Å². The molecule has 3 amide bonds. The van der Waals surface area contributed by atoms with Crippen molar-refractivity contribution in [1.29, 1.82) is 0 Å². The Kier molecular flexibility index (Phi) is 12.2. The minimum absolute atomic E-state index is 0.0315. The van der Waals surface area contributed by atoms with Crippen molar-refractivity contribution in [3.63, 3.8) is 0 Å². The molecule has 0 aliphatic carbocycles. The van der Waals surface area contributed by atoms with Gasteiger partial charge in [-0.3, -0.25) is 14.4 Å². The van der Waals surface area contributed by atoms with Crippen molar-refractivity contribution < 1.29 is 29.4 Å². The van der Waals surface area contributed by atoms with Gasteiger partial charge in [-0.15, -0.1) is 0 Å². The van der Waals surface area contributed by atoms with Gasteiger partial charge in [-0.2, -0.15) is 0 Å². The minimum Gasteiger partial charge on any atom is -0.480 e. The zero-order valence-corrected chi connectivity index (χ0v) is 20.4. The van der Waals surface area contributed by atoms with Crippen molar-refractivity contribution in [3.8, 4) is 0 Å². The van der Waals surface area contributed by atoms with E-state index in [2.05, 4.69) is 25.9 Å². The van der Waals surface area contributed by atoms with Gasteiger partial charge in [0.1, 0.15) is 24.2 Å². The molecule has 2 aromatic rings. The average molecular weight is 518 g/mol. The number of carboxylic acids is 1. The fraction of sp³-hybridized carbons (Fsp3) is 0.458. The number of nitrogens with zero attached hydrogens (tertiary/aromatic N) is 1. The van der Waals surface area contributed by atoms with Gasteiger partial charge in [0, 0.05) is 24.7 Å². The fourth-order valence-electron chi connectivity index (χ4n) is 3.54. The van der Waals surface area contributed by atoms with Crippen molar-refractivity contribution in [1.82, 2.24) is 25.9 Å². The molecule has 2 rings (SSSR count). The van der Waals surface area contributed by atoms with Gasteiger partial charge in [0.05, 0.1) is 12.9 Å². The Hall–Kier alpha value is -3.81. The van der Waals surface area contributed by atoms with E-state index in [1.807, 2.05) is 0 Å². The summed E-state index contributed by atoms with van der Waals surface area (Å²) in [5, 5.41) is 26.4. The van der Waals surface area contributed by atoms with Crippen molar-refractivity contribution in [2.45, 2.75) is 56.3 Å². The van der Waals surface area contributed by atoms with E-state index in [1.54, 1.807) is 30.3 Å². The molecule has 13 nitrogen and oxygen atoms in total. The van der Waals surface area contributed by atoms with Crippen molar-refractivity contribution in [3.05, 3.63) is 54.1 Å². The molecule has 4 atom stereocenters. The quantitative estimate of drug-likeness (QED) is 0.117. The van der Waals surface area contributed by atoms with Crippen LogP contribution in [-0.4, -0.2) is 81.2 Å². The molecule has 0 radical (unpaired) electrons. The SMILES string of the molecule is NCCCCC(NC(=O)C(Cc1ccccc1)NC(=O)C(N)CO)C(=O)NC(Cc1cnc[nH]1)C(=O)O. The highest BCUT2D eigenvalue weighted by Crippen LogP contribution is 2.08. The zero-order chi connectivity index (χ0) is 27.2. The van der Waals surface area contributed by atoms with Crippen LogP contribution in [-0.2, 0) is 32.0 Å². The Labute approximate surface area is 214 Å². The maximum Gasteiger partial charge on any atom is 0.326 e. The van der Waals surface area contributed by atoms with Gasteiger partial charge in [0.2, 0.25) is 17.7 Å². The second kappa shape index (κ2) is 15.3. The molecule has 0 saturated carbocycles. The Morgan fingerprint density at radius 1 is 0.919 bits per heavy atom. The minimum atomic E-state index is -1.26. The lowest BCUT2D eigenvalue weighted by atomic mass is 10.0. The monoisotopic (exact) mass is 517 g/mol. The number of aromatic amines is 1. The molecule has 0 fully saturated rings. The van der Waals surface area contributed by atoms with Crippen LogP contribution in [0.4, 0.5) is 0 Å². The number of carboxylic acid groups (broad SMARTS) is 1. The van der Waals surface area contributed by atoms with Crippen LogP contribution in [0.25, 0.3) is 0 Å². The molecule has 4 unspecified atom stereocenters. The number of aliphatic hydroxyl groups excluding tert-OH is 1. The number of imidazole rings is 1. The van der Waals surface area contributed by atoms with Crippen molar-refractivity contribution in [2.24, 2.45) is 11.5 Å². The number of aliphatic hydroxyl groups is 1. The number of benzene rings is 1. The molecule has 0 aliphatic heterocycles. The number of aliphatic carboxylic acids is 1. The van der Waals surface area contributed by atoms with E-state index in [4.69, 9.17) is 11.5 Å². The van der Waals surface area contributed by atoms with Gasteiger partial charge >= 0.3 is 5.97 Å². The first kappa shape index (κ1) is 29.4. The van der Waals surface area contributed by atoms with Crippen molar-refractivity contribution in [2.75, 3.05) is 13.2 Å². The maximum atomic E-state index is 13.3. The summed E-state index contributed by atoms with van der Waals surface area (Å²) >= 11 is 0. The molecule has 0 spiro atoms. The van der Waals surface area contributed by atoms with Gasteiger partial charge < -0.3 is 42.6 Å². The number of hydrogen-bond acceptors (Lipinski definition) is 8. The number of amides is 3. The van der Waals surface area contributed by atoms with E-state index >= 15 is 0 Å². The van der Waals surface area contributed by atoms with Crippen LogP contribution in [0.1, 0.15) is 30.5 Å². The number of carbonyl (C=O) groups is 4. The molecule has 202 valence electrons. The van der Waals surface area contributed by atoms with E-state index in [-0.39, 0.29) is 19.3 Å². The zero-order valence-electron chi connectivity index (χ0n) is 20.4. The van der Waals surface area contributed by atoms with E-state index in [1.165, 1.54) is 12.5 Å². The summed E-state index contributed by atoms with van der Waals surface area (Å²) in [6, 6.07) is 4.24. The number of aromatic nitrogens is 2. The van der Waals surface area contributed by atoms with Crippen LogP contribution in [0.2, 0.25) is 0 Å². The van der Waals surface area contributed by atoms with Gasteiger partial charge in [0.15, 0.2) is 0 Å². The van der Waals surface area contributed by atoms with Crippen LogP contribution in [0.5, 0.6) is 0 Å². The third-order valence-electron chi connectivity index (χ3n) is 5.62. The normalized spacial score (nSPS) is 14.1. The molecule has 1 aromatic heterocycles. The summed E-state index contributed by atoms with van der Waals surface area (Å²) in [5.41, 5.74) is 12.4. The number of nitrogens with two attached hydrogens (primary N) is 2. The molecule has 10 N–H and O–H groups in total. The Bertz CT molecular complexity index is 1000. The van der Waals surface area contributed by atoms with Crippen molar-refractivity contribution >= 4 is 23.7 Å². The molecular weight excluding hydrogens is 482 g/mol. The van der Waals surface area contributed by atoms with E-state index in [0.29, 0.717) is 25.1 Å². The van der Waals surface area contributed by atoms with Crippen LogP contribution in [0.15, 0.2) is 42.9 Å². The van der Waals surface area contributed by atoms with Gasteiger partial charge in [-0.25, -0.2) is 9.78 Å². The largest absolute Gasteiger partial charge is 0.480 e. The number of unbranched alkanes of at least 4 members (excludes halogenated alkanes) is 1. The highest BCUT2D eigenvalue weighted by Gasteiger charge is 2.30. The number of nitrogens with one attached hydrogen (secondary N) is 4. The predicted octanol–water partition coefficient (Wildman–Crippen LogP) is -1.82.